The Hall–Kier alpha value is -2.25. The Balaban J connectivity index is 1.67. The monoisotopic (exact) mass is 421 g/mol. The quantitative estimate of drug-likeness (QED) is 0.742. The number of nitrogens with one attached hydrogen (secondary N) is 2. The van der Waals surface area contributed by atoms with Crippen LogP contribution in [0.4, 0.5) is 17.1 Å². The van der Waals surface area contributed by atoms with E-state index < -0.39 is 9.84 Å². The maximum atomic E-state index is 12.4. The first-order chi connectivity index (χ1) is 13.3. The SMILES string of the molecule is CS(=O)(=O)c1ccc(Cl)c(NC(=O)CNc2ccccc2N2CCCCC2)c1. The zero-order valence-electron chi connectivity index (χ0n) is 15.7. The number of benzene rings is 2. The van der Waals surface area contributed by atoms with Crippen LogP contribution in [0.15, 0.2) is 47.4 Å². The van der Waals surface area contributed by atoms with Crippen molar-refractivity contribution < 1.29 is 13.2 Å². The van der Waals surface area contributed by atoms with Gasteiger partial charge in [-0.1, -0.05) is 23.7 Å². The van der Waals surface area contributed by atoms with Gasteiger partial charge >= 0.3 is 0 Å². The average molecular weight is 422 g/mol. The van der Waals surface area contributed by atoms with Crippen LogP contribution >= 0.6 is 11.6 Å². The summed E-state index contributed by atoms with van der Waals surface area (Å²) < 4.78 is 23.4. The zero-order valence-corrected chi connectivity index (χ0v) is 17.3. The number of para-hydroxylation sites is 2. The van der Waals surface area contributed by atoms with Gasteiger partial charge in [-0.15, -0.1) is 0 Å². The van der Waals surface area contributed by atoms with Gasteiger partial charge in [0.15, 0.2) is 9.84 Å². The van der Waals surface area contributed by atoms with Crippen LogP contribution in [0.3, 0.4) is 0 Å². The molecule has 1 saturated heterocycles. The molecule has 1 amide bonds. The molecule has 1 heterocycles. The largest absolute Gasteiger partial charge is 0.374 e. The Labute approximate surface area is 170 Å². The van der Waals surface area contributed by atoms with Crippen LogP contribution in [0.1, 0.15) is 19.3 Å². The molecular weight excluding hydrogens is 398 g/mol. The molecule has 2 N–H and O–H groups in total. The molecule has 150 valence electrons. The summed E-state index contributed by atoms with van der Waals surface area (Å²) in [6, 6.07) is 12.2. The molecule has 1 aliphatic heterocycles. The highest BCUT2D eigenvalue weighted by Gasteiger charge is 2.15. The summed E-state index contributed by atoms with van der Waals surface area (Å²) >= 11 is 6.10. The number of rotatable bonds is 6. The number of hydrogen-bond donors (Lipinski definition) is 2. The minimum absolute atomic E-state index is 0.0459. The van der Waals surface area contributed by atoms with Gasteiger partial charge in [-0.2, -0.15) is 0 Å². The zero-order chi connectivity index (χ0) is 20.1. The first-order valence-electron chi connectivity index (χ1n) is 9.22. The standard InChI is InChI=1S/C20H24ClN3O3S/c1-28(26,27)15-9-10-16(21)18(13-15)23-20(25)14-22-17-7-3-4-8-19(17)24-11-5-2-6-12-24/h3-4,7-10,13,22H,2,5-6,11-12,14H2,1H3,(H,23,25). The minimum Gasteiger partial charge on any atom is -0.374 e. The Morgan fingerprint density at radius 1 is 1.07 bits per heavy atom. The summed E-state index contributed by atoms with van der Waals surface area (Å²) in [4.78, 5) is 14.8. The van der Waals surface area contributed by atoms with Crippen molar-refractivity contribution >= 4 is 44.4 Å². The minimum atomic E-state index is -3.38. The lowest BCUT2D eigenvalue weighted by molar-refractivity contribution is -0.114. The molecule has 3 rings (SSSR count). The number of carbonyl (C=O) groups is 1. The molecule has 0 saturated carbocycles. The molecule has 0 spiro atoms. The summed E-state index contributed by atoms with van der Waals surface area (Å²) in [5, 5.41) is 6.15. The molecule has 2 aromatic rings. The summed E-state index contributed by atoms with van der Waals surface area (Å²) in [5.41, 5.74) is 2.27. The number of halogens is 1. The van der Waals surface area contributed by atoms with Crippen LogP contribution in [-0.4, -0.2) is 40.2 Å². The van der Waals surface area contributed by atoms with Crippen molar-refractivity contribution in [3.8, 4) is 0 Å². The molecule has 8 heteroatoms. The van der Waals surface area contributed by atoms with E-state index in [1.165, 1.54) is 37.5 Å². The van der Waals surface area contributed by atoms with Gasteiger partial charge in [0.2, 0.25) is 5.91 Å². The van der Waals surface area contributed by atoms with Gasteiger partial charge in [-0.3, -0.25) is 4.79 Å². The summed E-state index contributed by atoms with van der Waals surface area (Å²) in [5.74, 6) is -0.305. The molecular formula is C20H24ClN3O3S. The van der Waals surface area contributed by atoms with E-state index in [1.54, 1.807) is 0 Å². The molecule has 1 fully saturated rings. The second-order valence-electron chi connectivity index (χ2n) is 6.88. The molecule has 0 bridgehead atoms. The van der Waals surface area contributed by atoms with Crippen LogP contribution < -0.4 is 15.5 Å². The van der Waals surface area contributed by atoms with E-state index in [9.17, 15) is 13.2 Å². The number of carbonyl (C=O) groups excluding carboxylic acids is 1. The molecule has 0 unspecified atom stereocenters. The Morgan fingerprint density at radius 3 is 2.50 bits per heavy atom. The predicted octanol–water partition coefficient (Wildman–Crippen LogP) is 3.78. The summed E-state index contributed by atoms with van der Waals surface area (Å²) in [6.45, 7) is 2.07. The fourth-order valence-electron chi connectivity index (χ4n) is 3.23. The fourth-order valence-corrected chi connectivity index (χ4v) is 4.05. The number of piperidine rings is 1. The van der Waals surface area contributed by atoms with E-state index in [0.29, 0.717) is 0 Å². The van der Waals surface area contributed by atoms with Crippen LogP contribution in [0.5, 0.6) is 0 Å². The maximum Gasteiger partial charge on any atom is 0.243 e. The first-order valence-corrected chi connectivity index (χ1v) is 11.5. The lowest BCUT2D eigenvalue weighted by atomic mass is 10.1. The molecule has 28 heavy (non-hydrogen) atoms. The normalized spacial score (nSPS) is 14.6. The van der Waals surface area contributed by atoms with Crippen molar-refractivity contribution in [2.24, 2.45) is 0 Å². The molecule has 0 aromatic heterocycles. The van der Waals surface area contributed by atoms with E-state index >= 15 is 0 Å². The number of nitrogens with zero attached hydrogens (tertiary/aromatic N) is 1. The second-order valence-corrected chi connectivity index (χ2v) is 9.30. The van der Waals surface area contributed by atoms with Crippen molar-refractivity contribution in [3.63, 3.8) is 0 Å². The highest BCUT2D eigenvalue weighted by Crippen LogP contribution is 2.28. The number of hydrogen-bond acceptors (Lipinski definition) is 5. The summed E-state index contributed by atoms with van der Waals surface area (Å²) in [7, 11) is -3.38. The van der Waals surface area contributed by atoms with E-state index in [1.807, 2.05) is 18.2 Å². The van der Waals surface area contributed by atoms with E-state index in [0.717, 1.165) is 30.7 Å². The average Bonchev–Trinajstić information content (AvgIpc) is 2.68. The van der Waals surface area contributed by atoms with Crippen LogP contribution in [0, 0.1) is 0 Å². The highest BCUT2D eigenvalue weighted by molar-refractivity contribution is 7.90. The topological polar surface area (TPSA) is 78.5 Å². The van der Waals surface area contributed by atoms with Crippen molar-refractivity contribution in [2.75, 3.05) is 41.4 Å². The lowest BCUT2D eigenvalue weighted by Crippen LogP contribution is -2.30. The van der Waals surface area contributed by atoms with E-state index in [4.69, 9.17) is 11.6 Å². The fraction of sp³-hybridized carbons (Fsp3) is 0.350. The highest BCUT2D eigenvalue weighted by atomic mass is 35.5. The Morgan fingerprint density at radius 2 is 1.79 bits per heavy atom. The van der Waals surface area contributed by atoms with Gasteiger partial charge in [0.25, 0.3) is 0 Å². The van der Waals surface area contributed by atoms with Crippen LogP contribution in [-0.2, 0) is 14.6 Å². The molecule has 6 nitrogen and oxygen atoms in total. The van der Waals surface area contributed by atoms with Crippen molar-refractivity contribution in [2.45, 2.75) is 24.2 Å². The van der Waals surface area contributed by atoms with Gasteiger partial charge < -0.3 is 15.5 Å². The first kappa shape index (κ1) is 20.5. The van der Waals surface area contributed by atoms with Gasteiger partial charge in [0.1, 0.15) is 0 Å². The molecule has 0 aliphatic carbocycles. The van der Waals surface area contributed by atoms with Gasteiger partial charge in [-0.05, 0) is 49.6 Å². The number of anilines is 3. The molecule has 0 radical (unpaired) electrons. The molecule has 2 aromatic carbocycles. The van der Waals surface area contributed by atoms with Crippen LogP contribution in [0.2, 0.25) is 5.02 Å². The Bertz CT molecular complexity index is 957. The maximum absolute atomic E-state index is 12.4. The third-order valence-corrected chi connectivity index (χ3v) is 6.12. The third-order valence-electron chi connectivity index (χ3n) is 4.68. The molecule has 1 aliphatic rings. The van der Waals surface area contributed by atoms with E-state index in [-0.39, 0.29) is 28.1 Å². The van der Waals surface area contributed by atoms with Crippen molar-refractivity contribution in [1.29, 1.82) is 0 Å². The van der Waals surface area contributed by atoms with Gasteiger partial charge in [-0.25, -0.2) is 8.42 Å². The summed E-state index contributed by atoms with van der Waals surface area (Å²) in [6.07, 6.45) is 4.71. The number of sulfone groups is 1. The van der Waals surface area contributed by atoms with Crippen LogP contribution in [0.25, 0.3) is 0 Å². The van der Waals surface area contributed by atoms with Gasteiger partial charge in [0.05, 0.1) is 33.5 Å². The molecule has 0 atom stereocenters. The van der Waals surface area contributed by atoms with Crippen molar-refractivity contribution in [1.82, 2.24) is 0 Å². The second kappa shape index (κ2) is 8.84. The van der Waals surface area contributed by atoms with E-state index in [2.05, 4.69) is 21.6 Å². The van der Waals surface area contributed by atoms with Crippen molar-refractivity contribution in [3.05, 3.63) is 47.5 Å². The lowest BCUT2D eigenvalue weighted by Gasteiger charge is -2.30. The smallest absolute Gasteiger partial charge is 0.243 e. The predicted molar refractivity (Wildman–Crippen MR) is 114 cm³/mol. The number of amides is 1. The van der Waals surface area contributed by atoms with Gasteiger partial charge in [0, 0.05) is 19.3 Å². The third kappa shape index (κ3) is 5.17. The Kier molecular flexibility index (Phi) is 6.46.